The zero-order valence-electron chi connectivity index (χ0n) is 6.79. The van der Waals surface area contributed by atoms with Gasteiger partial charge in [-0.05, 0) is 12.0 Å². The van der Waals surface area contributed by atoms with Crippen molar-refractivity contribution in [1.82, 2.24) is 9.97 Å². The Kier molecular flexibility index (Phi) is 2.76. The van der Waals surface area contributed by atoms with Crippen LogP contribution >= 0.6 is 12.2 Å². The highest BCUT2D eigenvalue weighted by molar-refractivity contribution is 7.71. The molecule has 0 atom stereocenters. The highest BCUT2D eigenvalue weighted by Crippen LogP contribution is 2.00. The van der Waals surface area contributed by atoms with Crippen LogP contribution in [0.3, 0.4) is 0 Å². The number of aromatic nitrogens is 2. The molecule has 0 spiro atoms. The first-order chi connectivity index (χ1) is 5.18. The average Bonchev–Trinajstić information content (AvgIpc) is 1.85. The van der Waals surface area contributed by atoms with Gasteiger partial charge in [0, 0.05) is 12.6 Å². The standard InChI is InChI=1S/C8H12N2S/c1-6(2)5-7-9-4-3-8(11)10-7/h3-4,6H,5H2,1-2H3,(H,9,10,11). The number of rotatable bonds is 2. The maximum Gasteiger partial charge on any atom is 0.107 e. The fourth-order valence-corrected chi connectivity index (χ4v) is 1.08. The van der Waals surface area contributed by atoms with Crippen molar-refractivity contribution in [3.63, 3.8) is 0 Å². The van der Waals surface area contributed by atoms with Gasteiger partial charge in [0.15, 0.2) is 0 Å². The average molecular weight is 168 g/mol. The third-order valence-corrected chi connectivity index (χ3v) is 1.56. The largest absolute Gasteiger partial charge is 0.335 e. The summed E-state index contributed by atoms with van der Waals surface area (Å²) in [7, 11) is 0. The predicted molar refractivity (Wildman–Crippen MR) is 48.0 cm³/mol. The summed E-state index contributed by atoms with van der Waals surface area (Å²) in [5, 5.41) is 0. The lowest BCUT2D eigenvalue weighted by atomic mass is 10.1. The van der Waals surface area contributed by atoms with E-state index in [2.05, 4.69) is 23.8 Å². The van der Waals surface area contributed by atoms with Crippen LogP contribution in [0.2, 0.25) is 0 Å². The van der Waals surface area contributed by atoms with Crippen molar-refractivity contribution in [2.24, 2.45) is 5.92 Å². The molecule has 0 bridgehead atoms. The Hall–Kier alpha value is -0.700. The maximum absolute atomic E-state index is 4.96. The SMILES string of the molecule is CC(C)Cc1nccc(=S)[nH]1. The smallest absolute Gasteiger partial charge is 0.107 e. The molecule has 0 amide bonds. The van der Waals surface area contributed by atoms with E-state index in [1.165, 1.54) is 0 Å². The second kappa shape index (κ2) is 3.62. The van der Waals surface area contributed by atoms with Gasteiger partial charge in [0.1, 0.15) is 10.5 Å². The Bertz CT molecular complexity index is 277. The van der Waals surface area contributed by atoms with Crippen LogP contribution in [0.4, 0.5) is 0 Å². The topological polar surface area (TPSA) is 28.7 Å². The summed E-state index contributed by atoms with van der Waals surface area (Å²) in [6, 6.07) is 1.79. The molecule has 1 aromatic rings. The molecule has 0 aromatic carbocycles. The molecule has 1 aromatic heterocycles. The molecule has 0 aliphatic rings. The minimum atomic E-state index is 0.621. The summed E-state index contributed by atoms with van der Waals surface area (Å²) in [6.45, 7) is 4.32. The monoisotopic (exact) mass is 168 g/mol. The third kappa shape index (κ3) is 2.80. The molecule has 11 heavy (non-hydrogen) atoms. The Morgan fingerprint density at radius 3 is 2.91 bits per heavy atom. The van der Waals surface area contributed by atoms with Crippen molar-refractivity contribution >= 4 is 12.2 Å². The van der Waals surface area contributed by atoms with Crippen LogP contribution in [0.15, 0.2) is 12.3 Å². The Labute approximate surface area is 71.7 Å². The van der Waals surface area contributed by atoms with Crippen molar-refractivity contribution in [3.8, 4) is 0 Å². The molecule has 0 aliphatic carbocycles. The molecule has 2 nitrogen and oxygen atoms in total. The minimum absolute atomic E-state index is 0.621. The number of hydrogen-bond acceptors (Lipinski definition) is 2. The zero-order valence-corrected chi connectivity index (χ0v) is 7.61. The highest BCUT2D eigenvalue weighted by Gasteiger charge is 1.97. The number of nitrogens with one attached hydrogen (secondary N) is 1. The summed E-state index contributed by atoms with van der Waals surface area (Å²) in [5.41, 5.74) is 0. The quantitative estimate of drug-likeness (QED) is 0.687. The molecule has 0 unspecified atom stereocenters. The first-order valence-electron chi connectivity index (χ1n) is 3.72. The van der Waals surface area contributed by atoms with Crippen LogP contribution in [0.1, 0.15) is 19.7 Å². The summed E-state index contributed by atoms with van der Waals surface area (Å²) in [5.74, 6) is 1.60. The van der Waals surface area contributed by atoms with Gasteiger partial charge in [-0.25, -0.2) is 4.98 Å². The molecule has 0 saturated heterocycles. The van der Waals surface area contributed by atoms with Gasteiger partial charge in [-0.1, -0.05) is 26.1 Å². The van der Waals surface area contributed by atoms with Gasteiger partial charge in [0.05, 0.1) is 0 Å². The maximum atomic E-state index is 4.96. The summed E-state index contributed by atoms with van der Waals surface area (Å²) in [4.78, 5) is 7.20. The van der Waals surface area contributed by atoms with Gasteiger partial charge in [0.2, 0.25) is 0 Å². The molecule has 0 saturated carbocycles. The normalized spacial score (nSPS) is 10.5. The van der Waals surface area contributed by atoms with E-state index in [1.54, 1.807) is 12.3 Å². The first kappa shape index (κ1) is 8.40. The van der Waals surface area contributed by atoms with Crippen LogP contribution in [0, 0.1) is 10.6 Å². The molecule has 1 rings (SSSR count). The molecule has 0 fully saturated rings. The minimum Gasteiger partial charge on any atom is -0.335 e. The molecule has 3 heteroatoms. The Morgan fingerprint density at radius 1 is 1.64 bits per heavy atom. The molecular weight excluding hydrogens is 156 g/mol. The fraction of sp³-hybridized carbons (Fsp3) is 0.500. The predicted octanol–water partition coefficient (Wildman–Crippen LogP) is 2.34. The van der Waals surface area contributed by atoms with E-state index in [0.717, 1.165) is 16.9 Å². The van der Waals surface area contributed by atoms with Crippen molar-refractivity contribution in [1.29, 1.82) is 0 Å². The van der Waals surface area contributed by atoms with Crippen molar-refractivity contribution in [2.45, 2.75) is 20.3 Å². The van der Waals surface area contributed by atoms with E-state index < -0.39 is 0 Å². The van der Waals surface area contributed by atoms with Crippen LogP contribution in [-0.4, -0.2) is 9.97 Å². The second-order valence-corrected chi connectivity index (χ2v) is 3.42. The van der Waals surface area contributed by atoms with Gasteiger partial charge < -0.3 is 4.98 Å². The molecular formula is C8H12N2S. The van der Waals surface area contributed by atoms with Crippen molar-refractivity contribution in [3.05, 3.63) is 22.7 Å². The molecule has 60 valence electrons. The van der Waals surface area contributed by atoms with Crippen LogP contribution in [-0.2, 0) is 6.42 Å². The second-order valence-electron chi connectivity index (χ2n) is 2.98. The molecule has 0 aliphatic heterocycles. The highest BCUT2D eigenvalue weighted by atomic mass is 32.1. The van der Waals surface area contributed by atoms with Crippen molar-refractivity contribution < 1.29 is 0 Å². The zero-order chi connectivity index (χ0) is 8.27. The fourth-order valence-electron chi connectivity index (χ4n) is 0.902. The lowest BCUT2D eigenvalue weighted by Gasteiger charge is -2.02. The van der Waals surface area contributed by atoms with E-state index in [0.29, 0.717) is 5.92 Å². The number of nitrogens with zero attached hydrogens (tertiary/aromatic N) is 1. The van der Waals surface area contributed by atoms with Crippen molar-refractivity contribution in [2.75, 3.05) is 0 Å². The van der Waals surface area contributed by atoms with Crippen LogP contribution in [0.5, 0.6) is 0 Å². The lowest BCUT2D eigenvalue weighted by molar-refractivity contribution is 0.620. The number of hydrogen-bond donors (Lipinski definition) is 1. The van der Waals surface area contributed by atoms with Crippen LogP contribution < -0.4 is 0 Å². The number of H-pyrrole nitrogens is 1. The Balaban J connectivity index is 2.80. The molecule has 1 heterocycles. The summed E-state index contributed by atoms with van der Waals surface area (Å²) in [6.07, 6.45) is 2.71. The lowest BCUT2D eigenvalue weighted by Crippen LogP contribution is -1.99. The van der Waals surface area contributed by atoms with Gasteiger partial charge in [-0.3, -0.25) is 0 Å². The van der Waals surface area contributed by atoms with Crippen LogP contribution in [0.25, 0.3) is 0 Å². The van der Waals surface area contributed by atoms with Gasteiger partial charge >= 0.3 is 0 Å². The Morgan fingerprint density at radius 2 is 2.36 bits per heavy atom. The van der Waals surface area contributed by atoms with Gasteiger partial charge in [-0.2, -0.15) is 0 Å². The van der Waals surface area contributed by atoms with E-state index in [9.17, 15) is 0 Å². The third-order valence-electron chi connectivity index (χ3n) is 1.33. The van der Waals surface area contributed by atoms with E-state index in [4.69, 9.17) is 12.2 Å². The summed E-state index contributed by atoms with van der Waals surface area (Å²) < 4.78 is 0.760. The van der Waals surface area contributed by atoms with Gasteiger partial charge in [0.25, 0.3) is 0 Å². The van der Waals surface area contributed by atoms with E-state index in [-0.39, 0.29) is 0 Å². The summed E-state index contributed by atoms with van der Waals surface area (Å²) >= 11 is 4.96. The molecule has 0 radical (unpaired) electrons. The first-order valence-corrected chi connectivity index (χ1v) is 4.13. The van der Waals surface area contributed by atoms with Gasteiger partial charge in [-0.15, -0.1) is 0 Å². The van der Waals surface area contributed by atoms with E-state index in [1.807, 2.05) is 0 Å². The molecule has 1 N–H and O–H groups in total. The number of aromatic amines is 1. The van der Waals surface area contributed by atoms with E-state index >= 15 is 0 Å².